The number of carbonyl (C=O) groups excluding carboxylic acids is 3. The first-order valence-corrected chi connectivity index (χ1v) is 22.8. The van der Waals surface area contributed by atoms with Crippen molar-refractivity contribution in [1.29, 1.82) is 0 Å². The third-order valence-electron chi connectivity index (χ3n) is 11.1. The van der Waals surface area contributed by atoms with Crippen LogP contribution in [0.3, 0.4) is 0 Å². The van der Waals surface area contributed by atoms with Gasteiger partial charge in [0, 0.05) is 97.6 Å². The van der Waals surface area contributed by atoms with Crippen LogP contribution in [0.4, 0.5) is 24.5 Å². The Morgan fingerprint density at radius 1 is 0.919 bits per heavy atom. The Hall–Kier alpha value is -4.40. The van der Waals surface area contributed by atoms with Crippen LogP contribution in [0.2, 0.25) is 0 Å². The molecule has 4 rings (SSSR count). The molecule has 340 valence electrons. The lowest BCUT2D eigenvalue weighted by Gasteiger charge is -2.26. The Labute approximate surface area is 370 Å². The number of anilines is 2. The minimum Gasteiger partial charge on any atom is -0.385 e. The number of pyridine rings is 1. The molecule has 14 heteroatoms. The van der Waals surface area contributed by atoms with Gasteiger partial charge in [-0.3, -0.25) is 19.4 Å². The molecule has 3 N–H and O–H groups in total. The maximum atomic E-state index is 13.9. The molecule has 0 saturated heterocycles. The molecule has 0 spiro atoms. The van der Waals surface area contributed by atoms with Crippen LogP contribution in [0.1, 0.15) is 103 Å². The second kappa shape index (κ2) is 24.4. The summed E-state index contributed by atoms with van der Waals surface area (Å²) in [6.45, 7) is 16.0. The minimum absolute atomic E-state index is 0.0288. The molecule has 0 bridgehead atoms. The number of benzene rings is 1. The van der Waals surface area contributed by atoms with Gasteiger partial charge in [-0.2, -0.15) is 24.9 Å². The van der Waals surface area contributed by atoms with E-state index < -0.39 is 17.7 Å². The Kier molecular flexibility index (Phi) is 19.8. The molecule has 2 aliphatic carbocycles. The van der Waals surface area contributed by atoms with E-state index in [1.165, 1.54) is 6.20 Å². The summed E-state index contributed by atoms with van der Waals surface area (Å²) < 4.78 is 51.0. The highest BCUT2D eigenvalue weighted by Crippen LogP contribution is 2.35. The predicted molar refractivity (Wildman–Crippen MR) is 246 cm³/mol. The molecule has 1 heterocycles. The van der Waals surface area contributed by atoms with E-state index in [9.17, 15) is 27.6 Å². The van der Waals surface area contributed by atoms with E-state index in [-0.39, 0.29) is 42.1 Å². The molecular weight excluding hydrogens is 816 g/mol. The van der Waals surface area contributed by atoms with Gasteiger partial charge in [-0.1, -0.05) is 32.9 Å². The Bertz CT molecular complexity index is 1960. The number of amides is 3. The lowest BCUT2D eigenvalue weighted by molar-refractivity contribution is -0.122. The smallest absolute Gasteiger partial charge is 0.385 e. The molecule has 0 saturated carbocycles. The van der Waals surface area contributed by atoms with Gasteiger partial charge in [0.05, 0.1) is 17.5 Å². The number of carbonyl (C=O) groups is 3. The fourth-order valence-corrected chi connectivity index (χ4v) is 8.07. The SMILES string of the molecule is CCN(CC)c1ccc(NC(=O)C2=CC(CSC(C)(C)CCOC(C)CCC(=O)NCC(C)CCOC)=CCC2)c(-c2cc(C(=O)NCC3=CCCC(C(F)(F)F)=C3)ccn2)c1. The first-order chi connectivity index (χ1) is 29.5. The lowest BCUT2D eigenvalue weighted by atomic mass is 9.98. The normalized spacial score (nSPS) is 15.4. The third-order valence-corrected chi connectivity index (χ3v) is 12.6. The molecule has 2 aliphatic rings. The second-order valence-electron chi connectivity index (χ2n) is 16.7. The number of allylic oxidation sites excluding steroid dienone is 4. The van der Waals surface area contributed by atoms with Crippen LogP contribution in [-0.2, 0) is 19.1 Å². The van der Waals surface area contributed by atoms with Gasteiger partial charge < -0.3 is 30.3 Å². The van der Waals surface area contributed by atoms with Crippen molar-refractivity contribution in [3.05, 3.63) is 88.7 Å². The molecule has 1 aromatic heterocycles. The zero-order valence-corrected chi connectivity index (χ0v) is 38.3. The van der Waals surface area contributed by atoms with Gasteiger partial charge in [-0.25, -0.2) is 0 Å². The zero-order valence-electron chi connectivity index (χ0n) is 37.5. The molecule has 2 unspecified atom stereocenters. The molecule has 10 nitrogen and oxygen atoms in total. The van der Waals surface area contributed by atoms with Gasteiger partial charge in [-0.05, 0) is 125 Å². The van der Waals surface area contributed by atoms with Crippen molar-refractivity contribution in [2.75, 3.05) is 62.5 Å². The van der Waals surface area contributed by atoms with Crippen molar-refractivity contribution >= 4 is 40.9 Å². The molecular formula is C48H66F3N5O5S. The number of methoxy groups -OCH3 is 1. The summed E-state index contributed by atoms with van der Waals surface area (Å²) in [6, 6.07) is 8.96. The van der Waals surface area contributed by atoms with Crippen molar-refractivity contribution in [3.8, 4) is 11.3 Å². The first-order valence-electron chi connectivity index (χ1n) is 21.8. The number of aromatic nitrogens is 1. The number of rotatable bonds is 24. The Morgan fingerprint density at radius 2 is 1.66 bits per heavy atom. The quantitative estimate of drug-likeness (QED) is 0.0953. The summed E-state index contributed by atoms with van der Waals surface area (Å²) in [4.78, 5) is 46.3. The average Bonchev–Trinajstić information content (AvgIpc) is 3.26. The van der Waals surface area contributed by atoms with Crippen LogP contribution in [0, 0.1) is 5.92 Å². The highest BCUT2D eigenvalue weighted by Gasteiger charge is 2.34. The van der Waals surface area contributed by atoms with Crippen LogP contribution in [-0.4, -0.2) is 92.0 Å². The predicted octanol–water partition coefficient (Wildman–Crippen LogP) is 9.99. The average molecular weight is 882 g/mol. The summed E-state index contributed by atoms with van der Waals surface area (Å²) in [6.07, 6.45) is 8.41. The first kappa shape index (κ1) is 50.2. The van der Waals surface area contributed by atoms with Gasteiger partial charge in [0.2, 0.25) is 5.91 Å². The highest BCUT2D eigenvalue weighted by atomic mass is 32.2. The fourth-order valence-electron chi connectivity index (χ4n) is 7.08. The monoisotopic (exact) mass is 881 g/mol. The number of nitrogens with zero attached hydrogens (tertiary/aromatic N) is 2. The number of thioether (sulfide) groups is 1. The van der Waals surface area contributed by atoms with Crippen LogP contribution in [0.25, 0.3) is 11.3 Å². The molecule has 62 heavy (non-hydrogen) atoms. The van der Waals surface area contributed by atoms with Crippen molar-refractivity contribution in [1.82, 2.24) is 15.6 Å². The number of nitrogens with one attached hydrogen (secondary N) is 3. The molecule has 2 atom stereocenters. The second-order valence-corrected chi connectivity index (χ2v) is 18.3. The lowest BCUT2D eigenvalue weighted by Crippen LogP contribution is -2.29. The van der Waals surface area contributed by atoms with Crippen molar-refractivity contribution in [3.63, 3.8) is 0 Å². The molecule has 3 amide bonds. The van der Waals surface area contributed by atoms with Crippen LogP contribution in [0.15, 0.2) is 83.1 Å². The van der Waals surface area contributed by atoms with Crippen LogP contribution in [0.5, 0.6) is 0 Å². The van der Waals surface area contributed by atoms with E-state index in [1.807, 2.05) is 43.0 Å². The van der Waals surface area contributed by atoms with E-state index in [0.29, 0.717) is 78.6 Å². The van der Waals surface area contributed by atoms with Gasteiger partial charge in [0.25, 0.3) is 11.8 Å². The van der Waals surface area contributed by atoms with E-state index in [2.05, 4.69) is 66.5 Å². The van der Waals surface area contributed by atoms with Gasteiger partial charge in [-0.15, -0.1) is 0 Å². The summed E-state index contributed by atoms with van der Waals surface area (Å²) in [5.41, 5.74) is 4.44. The van der Waals surface area contributed by atoms with E-state index in [4.69, 9.17) is 9.47 Å². The van der Waals surface area contributed by atoms with Crippen LogP contribution >= 0.6 is 11.8 Å². The fraction of sp³-hybridized carbons (Fsp3) is 0.542. The van der Waals surface area contributed by atoms with Crippen LogP contribution < -0.4 is 20.9 Å². The third kappa shape index (κ3) is 16.4. The summed E-state index contributed by atoms with van der Waals surface area (Å²) in [5.74, 6) is 0.487. The number of halogens is 3. The van der Waals surface area contributed by atoms with E-state index in [1.54, 1.807) is 25.3 Å². The molecule has 0 aliphatic heterocycles. The largest absolute Gasteiger partial charge is 0.412 e. The Morgan fingerprint density at radius 3 is 2.39 bits per heavy atom. The number of ether oxygens (including phenoxy) is 2. The zero-order chi connectivity index (χ0) is 45.3. The molecule has 0 radical (unpaired) electrons. The van der Waals surface area contributed by atoms with E-state index in [0.717, 1.165) is 55.4 Å². The molecule has 0 fully saturated rings. The summed E-state index contributed by atoms with van der Waals surface area (Å²) in [5, 5.41) is 8.89. The van der Waals surface area contributed by atoms with Gasteiger partial charge in [0.1, 0.15) is 0 Å². The minimum atomic E-state index is -4.40. The van der Waals surface area contributed by atoms with Crippen molar-refractivity contribution in [2.45, 2.75) is 110 Å². The maximum Gasteiger partial charge on any atom is 0.412 e. The molecule has 2 aromatic rings. The number of alkyl halides is 3. The number of hydrogen-bond donors (Lipinski definition) is 3. The molecule has 1 aromatic carbocycles. The highest BCUT2D eigenvalue weighted by molar-refractivity contribution is 8.00. The maximum absolute atomic E-state index is 13.9. The van der Waals surface area contributed by atoms with Gasteiger partial charge in [0.15, 0.2) is 0 Å². The van der Waals surface area contributed by atoms with Crippen molar-refractivity contribution in [2.24, 2.45) is 5.92 Å². The Balaban J connectivity index is 1.36. The van der Waals surface area contributed by atoms with Gasteiger partial charge >= 0.3 is 6.18 Å². The van der Waals surface area contributed by atoms with E-state index >= 15 is 0 Å². The van der Waals surface area contributed by atoms with Crippen molar-refractivity contribution < 1.29 is 37.0 Å². The number of hydrogen-bond acceptors (Lipinski definition) is 8. The summed E-state index contributed by atoms with van der Waals surface area (Å²) >= 11 is 1.82. The summed E-state index contributed by atoms with van der Waals surface area (Å²) in [7, 11) is 1.68. The standard InChI is InChI=1S/C48H66F3N5O5S/c1-8-56(9-2)40-17-18-42(41(29-40)43-28-38(20-23-52-43)45(58)54-31-35-12-11-15-39(27-35)48(49,50)51)55-46(59)37-14-10-13-36(26-37)32-62-47(5,6)22-25-61-34(4)16-19-44(57)53-30-33(3)21-24-60-7/h12-13,17-18,20,23,26-29,33-34H,8-11,14-16,19,21-22,24-25,30-32H2,1-7H3,(H,53,57)(H,54,58)(H,55,59). The topological polar surface area (TPSA) is 122 Å².